The fourth-order valence-corrected chi connectivity index (χ4v) is 6.54. The van der Waals surface area contributed by atoms with Gasteiger partial charge in [-0.3, -0.25) is 14.8 Å². The summed E-state index contributed by atoms with van der Waals surface area (Å²) in [6.45, 7) is 1.77. The molecular weight excluding hydrogens is 564 g/mol. The van der Waals surface area contributed by atoms with Crippen LogP contribution in [0.4, 0.5) is 11.5 Å². The number of aryl methyl sites for hydroxylation is 2. The molecule has 0 radical (unpaired) electrons. The molecule has 5 aromatic rings. The fraction of sp³-hybridized carbons (Fsp3) is 0.278. The van der Waals surface area contributed by atoms with Crippen LogP contribution in [0.15, 0.2) is 79.1 Å². The van der Waals surface area contributed by atoms with Crippen molar-refractivity contribution in [3.8, 4) is 22.4 Å². The van der Waals surface area contributed by atoms with Crippen molar-refractivity contribution >= 4 is 34.2 Å². The monoisotopic (exact) mass is 598 g/mol. The van der Waals surface area contributed by atoms with E-state index in [1.165, 1.54) is 11.6 Å². The van der Waals surface area contributed by atoms with E-state index in [-0.39, 0.29) is 11.6 Å². The molecule has 9 heteroatoms. The van der Waals surface area contributed by atoms with Crippen molar-refractivity contribution in [2.45, 2.75) is 38.5 Å². The summed E-state index contributed by atoms with van der Waals surface area (Å²) in [5, 5.41) is 19.2. The van der Waals surface area contributed by atoms with E-state index in [2.05, 4.69) is 69.7 Å². The maximum atomic E-state index is 12.1. The Morgan fingerprint density at radius 3 is 2.51 bits per heavy atom. The van der Waals surface area contributed by atoms with Crippen molar-refractivity contribution in [3.63, 3.8) is 0 Å². The summed E-state index contributed by atoms with van der Waals surface area (Å²) in [5.41, 5.74) is 7.41. The van der Waals surface area contributed by atoms with Crippen LogP contribution in [0.5, 0.6) is 0 Å². The van der Waals surface area contributed by atoms with E-state index in [1.54, 1.807) is 11.0 Å². The van der Waals surface area contributed by atoms with Crippen LogP contribution in [0.1, 0.15) is 47.4 Å². The number of amides is 1. The zero-order chi connectivity index (χ0) is 30.9. The van der Waals surface area contributed by atoms with Gasteiger partial charge in [0.2, 0.25) is 5.91 Å². The lowest BCUT2D eigenvalue weighted by Gasteiger charge is -2.32. The minimum Gasteiger partial charge on any atom is -0.476 e. The Balaban J connectivity index is 0.988. The molecule has 0 bridgehead atoms. The Hall–Kier alpha value is -5.18. The van der Waals surface area contributed by atoms with Crippen molar-refractivity contribution in [1.29, 1.82) is 0 Å². The van der Waals surface area contributed by atoms with Gasteiger partial charge in [0, 0.05) is 61.3 Å². The number of nitrogens with zero attached hydrogens (tertiary/aromatic N) is 6. The Morgan fingerprint density at radius 1 is 0.911 bits per heavy atom. The van der Waals surface area contributed by atoms with Crippen LogP contribution in [0.25, 0.3) is 33.2 Å². The highest BCUT2D eigenvalue weighted by atomic mass is 16.4. The first-order chi connectivity index (χ1) is 21.9. The van der Waals surface area contributed by atoms with Gasteiger partial charge in [0.05, 0.1) is 5.69 Å². The number of benzene rings is 2. The molecule has 0 saturated carbocycles. The van der Waals surface area contributed by atoms with Gasteiger partial charge in [0.1, 0.15) is 0 Å². The average molecular weight is 599 g/mol. The Labute approximate surface area is 261 Å². The molecule has 2 aromatic carbocycles. The average Bonchev–Trinajstić information content (AvgIpc) is 3.09. The normalized spacial score (nSPS) is 15.4. The van der Waals surface area contributed by atoms with Gasteiger partial charge in [0.25, 0.3) is 0 Å². The number of hydrogen-bond donors (Lipinski definition) is 1. The number of carboxylic acids is 1. The van der Waals surface area contributed by atoms with Gasteiger partial charge >= 0.3 is 5.97 Å². The molecule has 0 atom stereocenters. The number of carbonyl (C=O) groups excluding carboxylic acids is 1. The minimum atomic E-state index is -1.06. The first-order valence-electron chi connectivity index (χ1n) is 15.5. The molecule has 226 valence electrons. The Morgan fingerprint density at radius 2 is 1.76 bits per heavy atom. The Kier molecular flexibility index (Phi) is 7.67. The number of hydrogen-bond acceptors (Lipinski definition) is 7. The first kappa shape index (κ1) is 28.6. The van der Waals surface area contributed by atoms with Crippen LogP contribution in [0.3, 0.4) is 0 Å². The van der Waals surface area contributed by atoms with E-state index in [0.29, 0.717) is 12.3 Å². The molecule has 2 aliphatic heterocycles. The molecule has 0 unspecified atom stereocenters. The number of aromatic nitrogens is 4. The summed E-state index contributed by atoms with van der Waals surface area (Å²) in [5.74, 6) is 0.452. The third-order valence-corrected chi connectivity index (χ3v) is 9.24. The zero-order valence-electron chi connectivity index (χ0n) is 25.2. The quantitative estimate of drug-likeness (QED) is 0.235. The largest absolute Gasteiger partial charge is 0.476 e. The number of fused-ring (bicyclic) bond motifs is 2. The van der Waals surface area contributed by atoms with E-state index >= 15 is 0 Å². The predicted octanol–water partition coefficient (Wildman–Crippen LogP) is 6.21. The number of carboxylic acid groups (broad SMARTS) is 1. The predicted molar refractivity (Wildman–Crippen MR) is 174 cm³/mol. The van der Waals surface area contributed by atoms with Gasteiger partial charge in [-0.2, -0.15) is 0 Å². The molecule has 1 fully saturated rings. The molecule has 5 heterocycles. The van der Waals surface area contributed by atoms with Gasteiger partial charge in [-0.15, -0.1) is 10.2 Å². The molecule has 2 aliphatic rings. The fourth-order valence-electron chi connectivity index (χ4n) is 6.54. The highest BCUT2D eigenvalue weighted by molar-refractivity contribution is 5.99. The summed E-state index contributed by atoms with van der Waals surface area (Å²) in [6.07, 6.45) is 9.33. The lowest BCUT2D eigenvalue weighted by molar-refractivity contribution is -0.118. The van der Waals surface area contributed by atoms with Crippen molar-refractivity contribution in [2.24, 2.45) is 5.92 Å². The first-order valence-corrected chi connectivity index (χ1v) is 15.5. The van der Waals surface area contributed by atoms with Crippen molar-refractivity contribution in [2.75, 3.05) is 29.9 Å². The van der Waals surface area contributed by atoms with Crippen molar-refractivity contribution < 1.29 is 14.7 Å². The van der Waals surface area contributed by atoms with Crippen LogP contribution < -0.4 is 9.80 Å². The van der Waals surface area contributed by atoms with Gasteiger partial charge in [0.15, 0.2) is 11.5 Å². The maximum absolute atomic E-state index is 12.1. The molecule has 1 amide bonds. The van der Waals surface area contributed by atoms with E-state index in [1.807, 2.05) is 19.4 Å². The minimum absolute atomic E-state index is 0.0342. The second-order valence-corrected chi connectivity index (χ2v) is 12.0. The van der Waals surface area contributed by atoms with E-state index in [4.69, 9.17) is 15.1 Å². The third kappa shape index (κ3) is 5.85. The summed E-state index contributed by atoms with van der Waals surface area (Å²) < 4.78 is 0. The molecule has 45 heavy (non-hydrogen) atoms. The van der Waals surface area contributed by atoms with Crippen LogP contribution in [0.2, 0.25) is 0 Å². The molecule has 1 N–H and O–H groups in total. The molecule has 0 spiro atoms. The maximum Gasteiger partial charge on any atom is 0.356 e. The number of carbonyl (C=O) groups is 2. The number of anilines is 2. The van der Waals surface area contributed by atoms with E-state index in [9.17, 15) is 9.59 Å². The summed E-state index contributed by atoms with van der Waals surface area (Å²) in [6, 6.07) is 22.3. The second-order valence-electron chi connectivity index (χ2n) is 12.0. The van der Waals surface area contributed by atoms with Crippen LogP contribution in [-0.2, 0) is 17.6 Å². The van der Waals surface area contributed by atoms with E-state index < -0.39 is 5.97 Å². The molecule has 3 aromatic heterocycles. The van der Waals surface area contributed by atoms with Crippen LogP contribution in [-0.4, -0.2) is 57.3 Å². The zero-order valence-corrected chi connectivity index (χ0v) is 25.2. The number of pyridine rings is 2. The van der Waals surface area contributed by atoms with Crippen molar-refractivity contribution in [1.82, 2.24) is 20.2 Å². The Bertz CT molecular complexity index is 1880. The van der Waals surface area contributed by atoms with Gasteiger partial charge in [-0.25, -0.2) is 4.79 Å². The topological polar surface area (TPSA) is 112 Å². The third-order valence-electron chi connectivity index (χ3n) is 9.24. The molecule has 1 saturated heterocycles. The summed E-state index contributed by atoms with van der Waals surface area (Å²) >= 11 is 0. The highest BCUT2D eigenvalue weighted by Crippen LogP contribution is 2.35. The van der Waals surface area contributed by atoms with Gasteiger partial charge in [-0.05, 0) is 103 Å². The molecular formula is C36H34N6O3. The molecule has 9 nitrogen and oxygen atoms in total. The number of rotatable bonds is 7. The lowest BCUT2D eigenvalue weighted by atomic mass is 9.91. The molecule has 0 aliphatic carbocycles. The molecule has 7 rings (SSSR count). The standard InChI is InChI=1S/C36H34N6O3/c1-41-33-12-7-25(19-26(33)8-14-35(41)43)29-4-2-3-24-20-32(38-22-30(24)29)27-6-10-28(37-21-27)9-5-23-15-17-42(18-16-23)34-13-11-31(36(44)45)39-40-34/h2-4,6-7,10-13,19-23H,5,8-9,14-18H2,1H3,(H,44,45). The smallest absolute Gasteiger partial charge is 0.356 e. The number of aromatic carboxylic acids is 1. The SMILES string of the molecule is CN1C(=O)CCc2cc(-c3cccc4cc(-c5ccc(CCC6CCN(c7ccc(C(=O)O)nn7)CC6)nc5)ncc34)ccc21. The second kappa shape index (κ2) is 12.1. The highest BCUT2D eigenvalue weighted by Gasteiger charge is 2.22. The summed E-state index contributed by atoms with van der Waals surface area (Å²) in [4.78, 5) is 36.7. The summed E-state index contributed by atoms with van der Waals surface area (Å²) in [7, 11) is 1.85. The van der Waals surface area contributed by atoms with E-state index in [0.717, 1.165) is 95.5 Å². The lowest BCUT2D eigenvalue weighted by Crippen LogP contribution is -2.34. The van der Waals surface area contributed by atoms with Gasteiger partial charge in [-0.1, -0.05) is 24.3 Å². The van der Waals surface area contributed by atoms with Crippen LogP contribution in [0, 0.1) is 5.92 Å². The van der Waals surface area contributed by atoms with Crippen LogP contribution >= 0.6 is 0 Å². The van der Waals surface area contributed by atoms with Crippen molar-refractivity contribution in [3.05, 3.63) is 96.1 Å². The van der Waals surface area contributed by atoms with Gasteiger partial charge < -0.3 is 14.9 Å². The number of piperidine rings is 1.